The van der Waals surface area contributed by atoms with E-state index in [1.54, 1.807) is 18.3 Å². The Labute approximate surface area is 159 Å². The Morgan fingerprint density at radius 2 is 2.04 bits per heavy atom. The number of carbonyl (C=O) groups excluding carboxylic acids is 1. The fraction of sp³-hybridized carbons (Fsp3) is 0.400. The predicted molar refractivity (Wildman–Crippen MR) is 105 cm³/mol. The number of nitrogens with one attached hydrogen (secondary N) is 2. The molecule has 3 rings (SSSR count). The van der Waals surface area contributed by atoms with Crippen LogP contribution in [0.5, 0.6) is 0 Å². The molecular formula is C20H25ClN4O. The van der Waals surface area contributed by atoms with Crippen LogP contribution in [0.4, 0.5) is 10.5 Å². The number of hydrogen-bond donors (Lipinski definition) is 2. The molecule has 2 heterocycles. The first-order chi connectivity index (χ1) is 12.7. The summed E-state index contributed by atoms with van der Waals surface area (Å²) in [6.45, 7) is 2.76. The van der Waals surface area contributed by atoms with Crippen LogP contribution in [0.15, 0.2) is 48.7 Å². The number of urea groups is 1. The van der Waals surface area contributed by atoms with Gasteiger partial charge in [-0.05, 0) is 43.5 Å². The average Bonchev–Trinajstić information content (AvgIpc) is 2.66. The number of aromatic nitrogens is 1. The second-order valence-electron chi connectivity index (χ2n) is 6.64. The molecule has 1 aromatic heterocycles. The summed E-state index contributed by atoms with van der Waals surface area (Å²) in [5, 5.41) is 6.12. The van der Waals surface area contributed by atoms with Gasteiger partial charge in [0, 0.05) is 19.1 Å². The molecule has 2 N–H and O–H groups in total. The van der Waals surface area contributed by atoms with Gasteiger partial charge in [0.2, 0.25) is 0 Å². The largest absolute Gasteiger partial charge is 0.338 e. The minimum atomic E-state index is -0.209. The molecule has 2 aromatic rings. The second-order valence-corrected chi connectivity index (χ2v) is 7.03. The maximum atomic E-state index is 12.0. The number of carbonyl (C=O) groups is 1. The molecule has 0 radical (unpaired) electrons. The van der Waals surface area contributed by atoms with E-state index in [2.05, 4.69) is 50.8 Å². The van der Waals surface area contributed by atoms with Gasteiger partial charge in [-0.3, -0.25) is 4.90 Å². The summed E-state index contributed by atoms with van der Waals surface area (Å²) in [6, 6.07) is 14.3. The molecule has 1 saturated heterocycles. The molecule has 5 nitrogen and oxygen atoms in total. The smallest absolute Gasteiger partial charge is 0.319 e. The van der Waals surface area contributed by atoms with Crippen LogP contribution in [-0.4, -0.2) is 35.0 Å². The molecule has 0 spiro atoms. The predicted octanol–water partition coefficient (Wildman–Crippen LogP) is 4.30. The van der Waals surface area contributed by atoms with Gasteiger partial charge in [0.25, 0.3) is 0 Å². The molecule has 26 heavy (non-hydrogen) atoms. The van der Waals surface area contributed by atoms with E-state index < -0.39 is 0 Å². The highest BCUT2D eigenvalue weighted by atomic mass is 35.5. The second kappa shape index (κ2) is 9.55. The normalized spacial score (nSPS) is 17.7. The first-order valence-corrected chi connectivity index (χ1v) is 9.53. The Hall–Kier alpha value is -2.11. The molecule has 1 aliphatic rings. The van der Waals surface area contributed by atoms with Gasteiger partial charge in [-0.25, -0.2) is 9.78 Å². The zero-order chi connectivity index (χ0) is 18.2. The van der Waals surface area contributed by atoms with Crippen LogP contribution < -0.4 is 10.6 Å². The molecule has 1 fully saturated rings. The minimum Gasteiger partial charge on any atom is -0.338 e. The average molecular weight is 373 g/mol. The van der Waals surface area contributed by atoms with Crippen LogP contribution in [0.2, 0.25) is 5.15 Å². The van der Waals surface area contributed by atoms with Crippen LogP contribution in [-0.2, 0) is 6.54 Å². The molecule has 1 unspecified atom stereocenters. The molecule has 1 atom stereocenters. The molecule has 1 aromatic carbocycles. The highest BCUT2D eigenvalue weighted by Crippen LogP contribution is 2.21. The van der Waals surface area contributed by atoms with Gasteiger partial charge in [-0.15, -0.1) is 0 Å². The first-order valence-electron chi connectivity index (χ1n) is 9.15. The zero-order valence-electron chi connectivity index (χ0n) is 14.8. The van der Waals surface area contributed by atoms with Crippen molar-refractivity contribution in [3.8, 4) is 0 Å². The molecule has 0 bridgehead atoms. The summed E-state index contributed by atoms with van der Waals surface area (Å²) in [5.74, 6) is 0. The number of halogens is 1. The standard InChI is InChI=1S/C20H25ClN4O/c21-19-10-9-17(14-23-19)24-20(26)22-12-11-18-8-4-5-13-25(18)15-16-6-2-1-3-7-16/h1-3,6-7,9-10,14,18H,4-5,8,11-13,15H2,(H2,22,24,26). The van der Waals surface area contributed by atoms with Crippen LogP contribution in [0, 0.1) is 0 Å². The van der Waals surface area contributed by atoms with E-state index in [-0.39, 0.29) is 6.03 Å². The number of benzene rings is 1. The van der Waals surface area contributed by atoms with E-state index >= 15 is 0 Å². The lowest BCUT2D eigenvalue weighted by Gasteiger charge is -2.36. The Kier molecular flexibility index (Phi) is 6.86. The molecule has 138 valence electrons. The quantitative estimate of drug-likeness (QED) is 0.743. The number of piperidine rings is 1. The minimum absolute atomic E-state index is 0.209. The third-order valence-electron chi connectivity index (χ3n) is 4.73. The van der Waals surface area contributed by atoms with Crippen molar-refractivity contribution in [1.29, 1.82) is 0 Å². The molecule has 1 aliphatic heterocycles. The van der Waals surface area contributed by atoms with Crippen molar-refractivity contribution in [3.05, 3.63) is 59.4 Å². The number of likely N-dealkylation sites (tertiary alicyclic amines) is 1. The Morgan fingerprint density at radius 3 is 2.81 bits per heavy atom. The fourth-order valence-corrected chi connectivity index (χ4v) is 3.50. The first kappa shape index (κ1) is 18.7. The van der Waals surface area contributed by atoms with Gasteiger partial charge in [0.05, 0.1) is 11.9 Å². The third-order valence-corrected chi connectivity index (χ3v) is 4.95. The van der Waals surface area contributed by atoms with E-state index in [0.29, 0.717) is 23.4 Å². The van der Waals surface area contributed by atoms with Gasteiger partial charge in [0.1, 0.15) is 5.15 Å². The molecule has 6 heteroatoms. The number of nitrogens with zero attached hydrogens (tertiary/aromatic N) is 2. The number of hydrogen-bond acceptors (Lipinski definition) is 3. The van der Waals surface area contributed by atoms with Crippen LogP contribution in [0.3, 0.4) is 0 Å². The summed E-state index contributed by atoms with van der Waals surface area (Å²) in [6.07, 6.45) is 6.21. The van der Waals surface area contributed by atoms with Crippen molar-refractivity contribution in [2.75, 3.05) is 18.4 Å². The summed E-state index contributed by atoms with van der Waals surface area (Å²) in [5.41, 5.74) is 1.98. The van der Waals surface area contributed by atoms with Crippen LogP contribution in [0.25, 0.3) is 0 Å². The van der Waals surface area contributed by atoms with Gasteiger partial charge in [-0.1, -0.05) is 48.4 Å². The van der Waals surface area contributed by atoms with E-state index in [0.717, 1.165) is 19.5 Å². The number of pyridine rings is 1. The Bertz CT molecular complexity index is 693. The van der Waals surface area contributed by atoms with Crippen molar-refractivity contribution >= 4 is 23.3 Å². The molecule has 2 amide bonds. The monoisotopic (exact) mass is 372 g/mol. The van der Waals surface area contributed by atoms with E-state index in [1.807, 2.05) is 0 Å². The number of amides is 2. The topological polar surface area (TPSA) is 57.3 Å². The Balaban J connectivity index is 1.44. The third kappa shape index (κ3) is 5.71. The molecule has 0 aliphatic carbocycles. The lowest BCUT2D eigenvalue weighted by molar-refractivity contribution is 0.132. The van der Waals surface area contributed by atoms with E-state index in [9.17, 15) is 4.79 Å². The summed E-state index contributed by atoms with van der Waals surface area (Å²) < 4.78 is 0. The fourth-order valence-electron chi connectivity index (χ4n) is 3.39. The van der Waals surface area contributed by atoms with Crippen molar-refractivity contribution in [2.24, 2.45) is 0 Å². The lowest BCUT2D eigenvalue weighted by atomic mass is 9.98. The van der Waals surface area contributed by atoms with Gasteiger partial charge < -0.3 is 10.6 Å². The maximum Gasteiger partial charge on any atom is 0.319 e. The Morgan fingerprint density at radius 1 is 1.19 bits per heavy atom. The zero-order valence-corrected chi connectivity index (χ0v) is 15.6. The van der Waals surface area contributed by atoms with Crippen molar-refractivity contribution in [2.45, 2.75) is 38.3 Å². The molecule has 0 saturated carbocycles. The van der Waals surface area contributed by atoms with Gasteiger partial charge >= 0.3 is 6.03 Å². The van der Waals surface area contributed by atoms with Crippen molar-refractivity contribution < 1.29 is 4.79 Å². The SMILES string of the molecule is O=C(NCCC1CCCCN1Cc1ccccc1)Nc1ccc(Cl)nc1. The van der Waals surface area contributed by atoms with Crippen LogP contribution >= 0.6 is 11.6 Å². The molecular weight excluding hydrogens is 348 g/mol. The summed E-state index contributed by atoms with van der Waals surface area (Å²) in [7, 11) is 0. The summed E-state index contributed by atoms with van der Waals surface area (Å²) in [4.78, 5) is 18.5. The van der Waals surface area contributed by atoms with Crippen molar-refractivity contribution in [1.82, 2.24) is 15.2 Å². The number of rotatable bonds is 6. The maximum absolute atomic E-state index is 12.0. The van der Waals surface area contributed by atoms with Crippen molar-refractivity contribution in [3.63, 3.8) is 0 Å². The number of anilines is 1. The highest BCUT2D eigenvalue weighted by Gasteiger charge is 2.22. The van der Waals surface area contributed by atoms with Gasteiger partial charge in [0.15, 0.2) is 0 Å². The highest BCUT2D eigenvalue weighted by molar-refractivity contribution is 6.29. The lowest BCUT2D eigenvalue weighted by Crippen LogP contribution is -2.41. The van der Waals surface area contributed by atoms with Crippen LogP contribution in [0.1, 0.15) is 31.2 Å². The van der Waals surface area contributed by atoms with E-state index in [1.165, 1.54) is 24.8 Å². The van der Waals surface area contributed by atoms with E-state index in [4.69, 9.17) is 11.6 Å². The summed E-state index contributed by atoms with van der Waals surface area (Å²) >= 11 is 5.75. The van der Waals surface area contributed by atoms with Gasteiger partial charge in [-0.2, -0.15) is 0 Å².